The number of nitrogens with two attached hydrogens (primary N) is 1. The van der Waals surface area contributed by atoms with Crippen LogP contribution >= 0.6 is 11.8 Å². The molecule has 5 nitrogen and oxygen atoms in total. The molecule has 0 fully saturated rings. The zero-order valence-electron chi connectivity index (χ0n) is 19.3. The average Bonchev–Trinajstić information content (AvgIpc) is 2.79. The lowest BCUT2D eigenvalue weighted by molar-refractivity contribution is -0.301. The van der Waals surface area contributed by atoms with Gasteiger partial charge in [0.25, 0.3) is 0 Å². The third-order valence-corrected chi connectivity index (χ3v) is 6.92. The van der Waals surface area contributed by atoms with Crippen molar-refractivity contribution in [2.24, 2.45) is 11.7 Å². The zero-order valence-corrected chi connectivity index (χ0v) is 20.1. The second-order valence-electron chi connectivity index (χ2n) is 8.29. The van der Waals surface area contributed by atoms with Crippen LogP contribution in [0.25, 0.3) is 0 Å². The topological polar surface area (TPSA) is 64.8 Å². The van der Waals surface area contributed by atoms with Gasteiger partial charge in [-0.15, -0.1) is 11.8 Å². The van der Waals surface area contributed by atoms with Gasteiger partial charge in [0.05, 0.1) is 25.9 Å². The predicted octanol–water partition coefficient (Wildman–Crippen LogP) is 5.82. The minimum absolute atomic E-state index is 0.0940. The smallest absolute Gasteiger partial charge is 0.419 e. The molecule has 1 amide bonds. The van der Waals surface area contributed by atoms with Crippen LogP contribution in [0, 0.1) is 5.92 Å². The lowest BCUT2D eigenvalue weighted by atomic mass is 9.89. The maximum atomic E-state index is 13.5. The first kappa shape index (κ1) is 27.0. The molecule has 2 N–H and O–H groups in total. The summed E-state index contributed by atoms with van der Waals surface area (Å²) in [5.41, 5.74) is 0.129. The van der Waals surface area contributed by atoms with Crippen LogP contribution in [-0.2, 0) is 10.3 Å². The van der Waals surface area contributed by atoms with Crippen LogP contribution < -0.4 is 20.1 Å². The highest BCUT2D eigenvalue weighted by Gasteiger charge is 2.69. The third-order valence-electron chi connectivity index (χ3n) is 5.80. The van der Waals surface area contributed by atoms with Gasteiger partial charge >= 0.3 is 12.4 Å². The first-order chi connectivity index (χ1) is 16.2. The van der Waals surface area contributed by atoms with Crippen molar-refractivity contribution < 1.29 is 40.6 Å². The highest BCUT2D eigenvalue weighted by Crippen LogP contribution is 2.51. The number of alkyl halides is 6. The first-order valence-electron chi connectivity index (χ1n) is 10.4. The monoisotopic (exact) mass is 522 g/mol. The second kappa shape index (κ2) is 9.45. The van der Waals surface area contributed by atoms with E-state index in [1.807, 2.05) is 0 Å². The molecule has 2 aromatic carbocycles. The summed E-state index contributed by atoms with van der Waals surface area (Å²) in [7, 11) is 2.92. The van der Waals surface area contributed by atoms with Gasteiger partial charge in [-0.2, -0.15) is 26.3 Å². The molecular formula is C23H24F6N2O3S. The number of carbonyl (C=O) groups is 1. The Morgan fingerprint density at radius 3 is 2.11 bits per heavy atom. The summed E-state index contributed by atoms with van der Waals surface area (Å²) in [6.45, 7) is 3.31. The molecule has 0 bridgehead atoms. The summed E-state index contributed by atoms with van der Waals surface area (Å²) in [6, 6.07) is 7.05. The molecule has 35 heavy (non-hydrogen) atoms. The lowest BCUT2D eigenvalue weighted by Gasteiger charge is -2.40. The van der Waals surface area contributed by atoms with Crippen LogP contribution in [0.2, 0.25) is 0 Å². The maximum Gasteiger partial charge on any atom is 0.419 e. The van der Waals surface area contributed by atoms with Gasteiger partial charge in [-0.05, 0) is 35.4 Å². The Labute approximate surface area is 202 Å². The largest absolute Gasteiger partial charge is 0.493 e. The molecule has 0 radical (unpaired) electrons. The van der Waals surface area contributed by atoms with Crippen molar-refractivity contribution in [3.63, 3.8) is 0 Å². The number of anilines is 1. The van der Waals surface area contributed by atoms with Gasteiger partial charge in [-0.25, -0.2) is 0 Å². The zero-order chi connectivity index (χ0) is 26.3. The van der Waals surface area contributed by atoms with E-state index in [9.17, 15) is 31.1 Å². The molecule has 1 unspecified atom stereocenters. The molecule has 192 valence electrons. The van der Waals surface area contributed by atoms with Gasteiger partial charge in [-0.3, -0.25) is 4.79 Å². The van der Waals surface area contributed by atoms with Crippen molar-refractivity contribution >= 4 is 23.4 Å². The van der Waals surface area contributed by atoms with Crippen molar-refractivity contribution in [1.29, 1.82) is 0 Å². The number of benzene rings is 2. The van der Waals surface area contributed by atoms with Crippen molar-refractivity contribution in [2.45, 2.75) is 42.7 Å². The fraction of sp³-hybridized carbons (Fsp3) is 0.435. The Morgan fingerprint density at radius 1 is 1.00 bits per heavy atom. The normalized spacial score (nSPS) is 16.8. The third kappa shape index (κ3) is 4.65. The quantitative estimate of drug-likeness (QED) is 0.502. The highest BCUT2D eigenvalue weighted by atomic mass is 32.2. The number of ether oxygens (including phenoxy) is 2. The summed E-state index contributed by atoms with van der Waals surface area (Å²) in [5.74, 6) is 0.221. The van der Waals surface area contributed by atoms with E-state index in [-0.39, 0.29) is 22.2 Å². The van der Waals surface area contributed by atoms with Gasteiger partial charge in [0.15, 0.2) is 11.5 Å². The van der Waals surface area contributed by atoms with Gasteiger partial charge in [0.2, 0.25) is 11.4 Å². The van der Waals surface area contributed by atoms with E-state index in [2.05, 4.69) is 0 Å². The van der Waals surface area contributed by atoms with Crippen LogP contribution in [0.4, 0.5) is 32.0 Å². The van der Waals surface area contributed by atoms with E-state index < -0.39 is 35.4 Å². The van der Waals surface area contributed by atoms with Gasteiger partial charge in [0, 0.05) is 16.6 Å². The van der Waals surface area contributed by atoms with Gasteiger partial charge in [0.1, 0.15) is 0 Å². The number of fused-ring (bicyclic) bond motifs is 1. The number of halogens is 6. The molecule has 1 aliphatic rings. The Morgan fingerprint density at radius 2 is 1.60 bits per heavy atom. The molecule has 1 aliphatic heterocycles. The summed E-state index contributed by atoms with van der Waals surface area (Å²) in [6.07, 6.45) is -11.6. The van der Waals surface area contributed by atoms with Crippen LogP contribution in [0.3, 0.4) is 0 Å². The SMILES string of the molecule is COc1ccc(C2CSc3cc(C(N)(C(F)(F)F)C(F)(F)F)ccc3N2C(=O)C(C)C)cc1OC. The second-order valence-corrected chi connectivity index (χ2v) is 9.35. The Bertz CT molecular complexity index is 1090. The number of hydrogen-bond donors (Lipinski definition) is 1. The summed E-state index contributed by atoms with van der Waals surface area (Å²) in [4.78, 5) is 14.7. The Hall–Kier alpha value is -2.60. The predicted molar refractivity (Wildman–Crippen MR) is 120 cm³/mol. The lowest BCUT2D eigenvalue weighted by Crippen LogP contribution is -2.60. The molecule has 0 aromatic heterocycles. The highest BCUT2D eigenvalue weighted by molar-refractivity contribution is 7.99. The minimum Gasteiger partial charge on any atom is -0.493 e. The van der Waals surface area contributed by atoms with Crippen molar-refractivity contribution in [3.05, 3.63) is 47.5 Å². The molecule has 1 atom stereocenters. The number of hydrogen-bond acceptors (Lipinski definition) is 5. The molecule has 1 heterocycles. The average molecular weight is 523 g/mol. The van der Waals surface area contributed by atoms with Gasteiger partial charge < -0.3 is 20.1 Å². The number of thioether (sulfide) groups is 1. The molecule has 0 spiro atoms. The fourth-order valence-corrected chi connectivity index (χ4v) is 5.03. The molecule has 12 heteroatoms. The van der Waals surface area contributed by atoms with Crippen LogP contribution in [0.5, 0.6) is 11.5 Å². The standard InChI is InChI=1S/C23H24F6N2O3S/c1-12(2)20(32)31-15-7-6-14(21(30,22(24,25)26)23(27,28)29)10-19(15)35-11-16(31)13-5-8-17(33-3)18(9-13)34-4/h5-10,12,16H,11,30H2,1-4H3. The van der Waals surface area contributed by atoms with Crippen molar-refractivity contribution in [2.75, 3.05) is 24.9 Å². The Balaban J connectivity index is 2.15. The summed E-state index contributed by atoms with van der Waals surface area (Å²) in [5, 5.41) is 0. The molecule has 3 rings (SSSR count). The molecular weight excluding hydrogens is 498 g/mol. The number of amides is 1. The van der Waals surface area contributed by atoms with Crippen LogP contribution in [-0.4, -0.2) is 38.2 Å². The minimum atomic E-state index is -5.78. The number of carbonyl (C=O) groups excluding carboxylic acids is 1. The van der Waals surface area contributed by atoms with Crippen molar-refractivity contribution in [1.82, 2.24) is 0 Å². The van der Waals surface area contributed by atoms with Gasteiger partial charge in [-0.1, -0.05) is 26.0 Å². The van der Waals surface area contributed by atoms with Crippen LogP contribution in [0.1, 0.15) is 31.0 Å². The van der Waals surface area contributed by atoms with E-state index in [0.717, 1.165) is 23.9 Å². The van der Waals surface area contributed by atoms with E-state index >= 15 is 0 Å². The van der Waals surface area contributed by atoms with Crippen molar-refractivity contribution in [3.8, 4) is 11.5 Å². The maximum absolute atomic E-state index is 13.5. The molecule has 0 aliphatic carbocycles. The van der Waals surface area contributed by atoms with E-state index in [1.165, 1.54) is 19.1 Å². The van der Waals surface area contributed by atoms with Crippen LogP contribution in [0.15, 0.2) is 41.3 Å². The fourth-order valence-electron chi connectivity index (χ4n) is 3.83. The summed E-state index contributed by atoms with van der Waals surface area (Å²) >= 11 is 1.04. The van der Waals surface area contributed by atoms with E-state index in [0.29, 0.717) is 23.1 Å². The van der Waals surface area contributed by atoms with E-state index in [4.69, 9.17) is 15.2 Å². The molecule has 0 saturated carbocycles. The number of methoxy groups -OCH3 is 2. The summed E-state index contributed by atoms with van der Waals surface area (Å²) < 4.78 is 91.6. The molecule has 2 aromatic rings. The Kier molecular flexibility index (Phi) is 7.29. The first-order valence-corrected chi connectivity index (χ1v) is 11.4. The number of nitrogens with zero attached hydrogens (tertiary/aromatic N) is 1. The van der Waals surface area contributed by atoms with E-state index in [1.54, 1.807) is 32.0 Å². The molecule has 0 saturated heterocycles. The number of rotatable bonds is 5.